The zero-order chi connectivity index (χ0) is 17.9. The van der Waals surface area contributed by atoms with Crippen molar-refractivity contribution >= 4 is 29.7 Å². The molecule has 138 valence electrons. The van der Waals surface area contributed by atoms with E-state index in [4.69, 9.17) is 5.73 Å². The molecule has 1 aromatic heterocycles. The van der Waals surface area contributed by atoms with E-state index >= 15 is 0 Å². The smallest absolute Gasteiger partial charge is 0.345 e. The zero-order valence-corrected chi connectivity index (χ0v) is 15.3. The van der Waals surface area contributed by atoms with E-state index in [-0.39, 0.29) is 17.4 Å². The Kier molecular flexibility index (Phi) is 7.40. The van der Waals surface area contributed by atoms with Crippen LogP contribution < -0.4 is 11.1 Å². The molecule has 2 atom stereocenters. The average Bonchev–Trinajstić information content (AvgIpc) is 3.02. The van der Waals surface area contributed by atoms with E-state index in [2.05, 4.69) is 10.3 Å². The fourth-order valence-corrected chi connectivity index (χ4v) is 3.06. The molecule has 0 aliphatic carbocycles. The number of aryl methyl sites for hydroxylation is 1. The lowest BCUT2D eigenvalue weighted by molar-refractivity contribution is -0.140. The van der Waals surface area contributed by atoms with Crippen molar-refractivity contribution in [3.8, 4) is 0 Å². The minimum absolute atomic E-state index is 0. The van der Waals surface area contributed by atoms with Gasteiger partial charge in [-0.1, -0.05) is 36.8 Å². The Balaban J connectivity index is 0.00000312. The van der Waals surface area contributed by atoms with Crippen molar-refractivity contribution in [2.75, 3.05) is 0 Å². The molecule has 0 saturated carbocycles. The quantitative estimate of drug-likeness (QED) is 0.801. The number of thiazole rings is 1. The van der Waals surface area contributed by atoms with Crippen LogP contribution in [0.2, 0.25) is 0 Å². The first-order valence-corrected chi connectivity index (χ1v) is 8.25. The maximum atomic E-state index is 12.7. The first-order valence-electron chi connectivity index (χ1n) is 7.37. The van der Waals surface area contributed by atoms with Gasteiger partial charge in [-0.25, -0.2) is 4.98 Å². The Bertz CT molecular complexity index is 703. The molecule has 4 nitrogen and oxygen atoms in total. The number of nitrogens with zero attached hydrogens (tertiary/aromatic N) is 1. The highest BCUT2D eigenvalue weighted by Gasteiger charge is 2.34. The fourth-order valence-electron chi connectivity index (χ4n) is 2.10. The number of hydrogen-bond acceptors (Lipinski definition) is 4. The third-order valence-corrected chi connectivity index (χ3v) is 4.51. The van der Waals surface area contributed by atoms with Crippen LogP contribution in [0.5, 0.6) is 0 Å². The highest BCUT2D eigenvalue weighted by atomic mass is 35.5. The van der Waals surface area contributed by atoms with E-state index in [1.165, 1.54) is 0 Å². The summed E-state index contributed by atoms with van der Waals surface area (Å²) in [5.41, 5.74) is 6.67. The minimum Gasteiger partial charge on any atom is -0.345 e. The number of halogens is 4. The van der Waals surface area contributed by atoms with Crippen LogP contribution in [0.4, 0.5) is 13.2 Å². The lowest BCUT2D eigenvalue weighted by atomic mass is 10.0. The van der Waals surface area contributed by atoms with Crippen molar-refractivity contribution in [1.82, 2.24) is 10.3 Å². The number of benzene rings is 1. The van der Waals surface area contributed by atoms with Crippen LogP contribution in [0.3, 0.4) is 0 Å². The van der Waals surface area contributed by atoms with Gasteiger partial charge in [-0.15, -0.1) is 23.7 Å². The van der Waals surface area contributed by atoms with Crippen LogP contribution in [0.15, 0.2) is 29.6 Å². The van der Waals surface area contributed by atoms with Gasteiger partial charge < -0.3 is 11.1 Å². The molecule has 9 heteroatoms. The molecule has 2 rings (SSSR count). The molecule has 3 N–H and O–H groups in total. The Morgan fingerprint density at radius 3 is 2.40 bits per heavy atom. The second kappa shape index (κ2) is 8.64. The van der Waals surface area contributed by atoms with E-state index in [9.17, 15) is 18.0 Å². The number of nitrogens with two attached hydrogens (primary N) is 1. The number of carbonyl (C=O) groups is 1. The molecule has 0 bridgehead atoms. The molecule has 1 heterocycles. The van der Waals surface area contributed by atoms with Gasteiger partial charge in [0.05, 0.1) is 6.04 Å². The SMILES string of the molecule is CCC(NC(=O)C(N)c1ccc(C)cc1)c1nc(C(F)(F)F)cs1.Cl. The van der Waals surface area contributed by atoms with Gasteiger partial charge in [-0.2, -0.15) is 13.2 Å². The third-order valence-electron chi connectivity index (χ3n) is 3.55. The summed E-state index contributed by atoms with van der Waals surface area (Å²) in [5.74, 6) is -0.450. The van der Waals surface area contributed by atoms with Gasteiger partial charge in [0.25, 0.3) is 0 Å². The van der Waals surface area contributed by atoms with Crippen molar-refractivity contribution in [3.05, 3.63) is 51.5 Å². The number of carbonyl (C=O) groups excluding carboxylic acids is 1. The first-order chi connectivity index (χ1) is 11.2. The summed E-state index contributed by atoms with van der Waals surface area (Å²) in [7, 11) is 0. The average molecular weight is 394 g/mol. The molecule has 2 aromatic rings. The van der Waals surface area contributed by atoms with E-state index in [1.54, 1.807) is 19.1 Å². The van der Waals surface area contributed by atoms with Gasteiger partial charge in [-0.3, -0.25) is 4.79 Å². The standard InChI is InChI=1S/C16H18F3N3OS.ClH/c1-3-11(15-22-12(8-24-15)16(17,18)19)21-14(23)13(20)10-6-4-9(2)5-7-10;/h4-8,11,13H,3,20H2,1-2H3,(H,21,23);1H. The molecule has 0 fully saturated rings. The van der Waals surface area contributed by atoms with Crippen LogP contribution >= 0.6 is 23.7 Å². The summed E-state index contributed by atoms with van der Waals surface area (Å²) in [6.45, 7) is 3.68. The van der Waals surface area contributed by atoms with E-state index in [0.717, 1.165) is 22.3 Å². The lowest BCUT2D eigenvalue weighted by Gasteiger charge is -2.18. The topological polar surface area (TPSA) is 68.0 Å². The second-order valence-electron chi connectivity index (χ2n) is 5.43. The van der Waals surface area contributed by atoms with Crippen molar-refractivity contribution in [2.24, 2.45) is 5.73 Å². The summed E-state index contributed by atoms with van der Waals surface area (Å²) in [6.07, 6.45) is -4.08. The summed E-state index contributed by atoms with van der Waals surface area (Å²) >= 11 is 0.874. The first kappa shape index (κ1) is 21.4. The van der Waals surface area contributed by atoms with Crippen molar-refractivity contribution in [1.29, 1.82) is 0 Å². The molecular formula is C16H19ClF3N3OS. The van der Waals surface area contributed by atoms with Crippen molar-refractivity contribution in [2.45, 2.75) is 38.5 Å². The summed E-state index contributed by atoms with van der Waals surface area (Å²) in [4.78, 5) is 15.9. The Hall–Kier alpha value is -1.64. The predicted molar refractivity (Wildman–Crippen MR) is 93.6 cm³/mol. The zero-order valence-electron chi connectivity index (χ0n) is 13.6. The van der Waals surface area contributed by atoms with Crippen LogP contribution in [-0.4, -0.2) is 10.9 Å². The molecule has 1 amide bonds. The number of aromatic nitrogens is 1. The third kappa shape index (κ3) is 5.42. The number of amides is 1. The van der Waals surface area contributed by atoms with Crippen LogP contribution in [0.1, 0.15) is 47.3 Å². The normalized spacial score (nSPS) is 13.7. The largest absolute Gasteiger partial charge is 0.434 e. The maximum absolute atomic E-state index is 12.7. The molecule has 0 spiro atoms. The van der Waals surface area contributed by atoms with Crippen LogP contribution in [-0.2, 0) is 11.0 Å². The molecule has 0 aliphatic heterocycles. The molecule has 25 heavy (non-hydrogen) atoms. The number of rotatable bonds is 5. The van der Waals surface area contributed by atoms with Gasteiger partial charge in [0.1, 0.15) is 11.0 Å². The Morgan fingerprint density at radius 2 is 1.92 bits per heavy atom. The Morgan fingerprint density at radius 1 is 1.32 bits per heavy atom. The van der Waals surface area contributed by atoms with Crippen LogP contribution in [0, 0.1) is 6.92 Å². The molecular weight excluding hydrogens is 375 g/mol. The summed E-state index contributed by atoms with van der Waals surface area (Å²) < 4.78 is 38.0. The van der Waals surface area contributed by atoms with E-state index in [1.807, 2.05) is 19.1 Å². The van der Waals surface area contributed by atoms with Gasteiger partial charge in [-0.05, 0) is 18.9 Å². The van der Waals surface area contributed by atoms with E-state index in [0.29, 0.717) is 12.0 Å². The van der Waals surface area contributed by atoms with Crippen molar-refractivity contribution < 1.29 is 18.0 Å². The van der Waals surface area contributed by atoms with Gasteiger partial charge in [0.15, 0.2) is 5.69 Å². The molecule has 1 aromatic carbocycles. The minimum atomic E-state index is -4.49. The fraction of sp³-hybridized carbons (Fsp3) is 0.375. The Labute approximate surface area is 154 Å². The number of alkyl halides is 3. The van der Waals surface area contributed by atoms with Gasteiger partial charge >= 0.3 is 6.18 Å². The van der Waals surface area contributed by atoms with E-state index < -0.39 is 29.9 Å². The molecule has 0 saturated heterocycles. The molecule has 2 unspecified atom stereocenters. The summed E-state index contributed by atoms with van der Waals surface area (Å²) in [5, 5.41) is 3.84. The van der Waals surface area contributed by atoms with Crippen molar-refractivity contribution in [3.63, 3.8) is 0 Å². The highest BCUT2D eigenvalue weighted by molar-refractivity contribution is 7.09. The lowest BCUT2D eigenvalue weighted by Crippen LogP contribution is -2.36. The number of hydrogen-bond donors (Lipinski definition) is 2. The van der Waals surface area contributed by atoms with Gasteiger partial charge in [0.2, 0.25) is 5.91 Å². The predicted octanol–water partition coefficient (Wildman–Crippen LogP) is 4.16. The molecule has 0 radical (unpaired) electrons. The summed E-state index contributed by atoms with van der Waals surface area (Å²) in [6, 6.07) is 5.71. The van der Waals surface area contributed by atoms with Crippen LogP contribution in [0.25, 0.3) is 0 Å². The second-order valence-corrected chi connectivity index (χ2v) is 6.32. The monoisotopic (exact) mass is 393 g/mol. The molecule has 0 aliphatic rings. The van der Waals surface area contributed by atoms with Gasteiger partial charge in [0, 0.05) is 5.38 Å². The number of nitrogens with one attached hydrogen (secondary N) is 1. The maximum Gasteiger partial charge on any atom is 0.434 e. The highest BCUT2D eigenvalue weighted by Crippen LogP contribution is 2.32.